The first-order chi connectivity index (χ1) is 10.2. The molecule has 3 rings (SSSR count). The van der Waals surface area contributed by atoms with E-state index in [4.69, 9.17) is 0 Å². The molecule has 4 heteroatoms. The van der Waals surface area contributed by atoms with Gasteiger partial charge in [0.1, 0.15) is 0 Å². The minimum atomic E-state index is -0.326. The summed E-state index contributed by atoms with van der Waals surface area (Å²) in [5, 5.41) is 3.50. The summed E-state index contributed by atoms with van der Waals surface area (Å²) in [5.41, 5.74) is -0.326. The zero-order valence-corrected chi connectivity index (χ0v) is 13.0. The molecule has 1 N–H and O–H groups in total. The van der Waals surface area contributed by atoms with Crippen LogP contribution in [-0.2, 0) is 9.59 Å². The van der Waals surface area contributed by atoms with Gasteiger partial charge in [0.15, 0.2) is 0 Å². The lowest BCUT2D eigenvalue weighted by Gasteiger charge is -2.27. The van der Waals surface area contributed by atoms with Crippen LogP contribution >= 0.6 is 0 Å². The number of likely N-dealkylation sites (tertiary alicyclic amines) is 1. The fourth-order valence-electron chi connectivity index (χ4n) is 4.34. The first kappa shape index (κ1) is 15.0. The molecule has 0 aromatic carbocycles. The van der Waals surface area contributed by atoms with Gasteiger partial charge in [0.05, 0.1) is 5.41 Å². The molecule has 2 aliphatic heterocycles. The third-order valence-electron chi connectivity index (χ3n) is 5.66. The van der Waals surface area contributed by atoms with Gasteiger partial charge in [-0.05, 0) is 38.6 Å². The predicted molar refractivity (Wildman–Crippen MR) is 81.7 cm³/mol. The number of imide groups is 1. The van der Waals surface area contributed by atoms with Crippen molar-refractivity contribution in [2.75, 3.05) is 13.1 Å². The monoisotopic (exact) mass is 292 g/mol. The number of rotatable bonds is 3. The normalized spacial score (nSPS) is 29.9. The summed E-state index contributed by atoms with van der Waals surface area (Å²) in [6.45, 7) is 1.70. The molecule has 1 saturated carbocycles. The molecule has 21 heavy (non-hydrogen) atoms. The lowest BCUT2D eigenvalue weighted by atomic mass is 9.79. The predicted octanol–water partition coefficient (Wildman–Crippen LogP) is 2.62. The highest BCUT2D eigenvalue weighted by Crippen LogP contribution is 2.44. The summed E-state index contributed by atoms with van der Waals surface area (Å²) in [6, 6.07) is 0.491. The molecule has 0 aromatic heterocycles. The average molecular weight is 292 g/mol. The summed E-state index contributed by atoms with van der Waals surface area (Å²) in [5.74, 6) is 0.225. The van der Waals surface area contributed by atoms with Gasteiger partial charge in [-0.2, -0.15) is 0 Å². The Balaban J connectivity index is 1.60. The van der Waals surface area contributed by atoms with E-state index in [2.05, 4.69) is 5.32 Å². The van der Waals surface area contributed by atoms with E-state index in [0.29, 0.717) is 19.0 Å². The van der Waals surface area contributed by atoms with E-state index in [1.807, 2.05) is 0 Å². The number of nitrogens with zero attached hydrogens (tertiary/aromatic N) is 1. The van der Waals surface area contributed by atoms with Gasteiger partial charge in [0.25, 0.3) is 0 Å². The summed E-state index contributed by atoms with van der Waals surface area (Å²) >= 11 is 0. The maximum absolute atomic E-state index is 12.8. The fraction of sp³-hybridized carbons (Fsp3) is 0.882. The molecule has 1 spiro atoms. The number of amides is 2. The molecule has 118 valence electrons. The van der Waals surface area contributed by atoms with Gasteiger partial charge >= 0.3 is 0 Å². The van der Waals surface area contributed by atoms with E-state index in [0.717, 1.165) is 38.6 Å². The third kappa shape index (κ3) is 3.15. The van der Waals surface area contributed by atoms with E-state index in [-0.39, 0.29) is 17.2 Å². The van der Waals surface area contributed by atoms with Gasteiger partial charge in [-0.1, -0.05) is 32.1 Å². The smallest absolute Gasteiger partial charge is 0.235 e. The molecule has 3 fully saturated rings. The molecule has 1 unspecified atom stereocenters. The van der Waals surface area contributed by atoms with Crippen LogP contribution in [0.25, 0.3) is 0 Å². The van der Waals surface area contributed by atoms with Crippen LogP contribution in [0.3, 0.4) is 0 Å². The quantitative estimate of drug-likeness (QED) is 0.814. The largest absolute Gasteiger partial charge is 0.314 e. The molecule has 0 radical (unpaired) electrons. The second kappa shape index (κ2) is 6.47. The van der Waals surface area contributed by atoms with Crippen molar-refractivity contribution in [2.45, 2.75) is 76.7 Å². The molecular formula is C17H28N2O2. The first-order valence-electron chi connectivity index (χ1n) is 8.79. The van der Waals surface area contributed by atoms with Crippen molar-refractivity contribution in [3.63, 3.8) is 0 Å². The van der Waals surface area contributed by atoms with E-state index >= 15 is 0 Å². The van der Waals surface area contributed by atoms with Crippen LogP contribution in [0.5, 0.6) is 0 Å². The van der Waals surface area contributed by atoms with Crippen molar-refractivity contribution in [1.29, 1.82) is 0 Å². The lowest BCUT2D eigenvalue weighted by molar-refractivity contribution is -0.141. The SMILES string of the molecule is O=C1CC2(CCCCCC2)C(=O)N1CCC1CCCCN1. The summed E-state index contributed by atoms with van der Waals surface area (Å²) < 4.78 is 0. The third-order valence-corrected chi connectivity index (χ3v) is 5.66. The molecule has 1 atom stereocenters. The average Bonchev–Trinajstić information content (AvgIpc) is 2.67. The first-order valence-corrected chi connectivity index (χ1v) is 8.79. The van der Waals surface area contributed by atoms with Crippen LogP contribution in [0.15, 0.2) is 0 Å². The molecule has 0 aromatic rings. The van der Waals surface area contributed by atoms with E-state index in [1.165, 1.54) is 32.1 Å². The number of carbonyl (C=O) groups is 2. The van der Waals surface area contributed by atoms with Crippen molar-refractivity contribution in [2.24, 2.45) is 5.41 Å². The molecule has 4 nitrogen and oxygen atoms in total. The Labute approximate surface area is 127 Å². The lowest BCUT2D eigenvalue weighted by Crippen LogP contribution is -2.40. The zero-order chi connectivity index (χ0) is 14.7. The van der Waals surface area contributed by atoms with E-state index in [1.54, 1.807) is 4.90 Å². The van der Waals surface area contributed by atoms with Gasteiger partial charge in [0.2, 0.25) is 11.8 Å². The summed E-state index contributed by atoms with van der Waals surface area (Å²) in [7, 11) is 0. The highest BCUT2D eigenvalue weighted by Gasteiger charge is 2.50. The maximum Gasteiger partial charge on any atom is 0.235 e. The highest BCUT2D eigenvalue weighted by atomic mass is 16.2. The number of nitrogens with one attached hydrogen (secondary N) is 1. The van der Waals surface area contributed by atoms with Crippen LogP contribution in [-0.4, -0.2) is 35.8 Å². The molecule has 0 bridgehead atoms. The molecule has 2 heterocycles. The Bertz CT molecular complexity index is 394. The Kier molecular flexibility index (Phi) is 4.63. The summed E-state index contributed by atoms with van der Waals surface area (Å²) in [6.07, 6.45) is 11.6. The van der Waals surface area contributed by atoms with Crippen molar-refractivity contribution in [1.82, 2.24) is 10.2 Å². The van der Waals surface area contributed by atoms with Gasteiger partial charge in [-0.25, -0.2) is 0 Å². The molecule has 3 aliphatic rings. The Morgan fingerprint density at radius 1 is 1.05 bits per heavy atom. The van der Waals surface area contributed by atoms with E-state index in [9.17, 15) is 9.59 Å². The number of carbonyl (C=O) groups excluding carboxylic acids is 2. The van der Waals surface area contributed by atoms with Crippen LogP contribution < -0.4 is 5.32 Å². The van der Waals surface area contributed by atoms with Crippen molar-refractivity contribution in [3.8, 4) is 0 Å². The van der Waals surface area contributed by atoms with Crippen molar-refractivity contribution < 1.29 is 9.59 Å². The molecular weight excluding hydrogens is 264 g/mol. The van der Waals surface area contributed by atoms with Crippen LogP contribution in [0.4, 0.5) is 0 Å². The van der Waals surface area contributed by atoms with Gasteiger partial charge in [-0.3, -0.25) is 14.5 Å². The molecule has 2 saturated heterocycles. The molecule has 1 aliphatic carbocycles. The van der Waals surface area contributed by atoms with Gasteiger partial charge in [0, 0.05) is 19.0 Å². The highest BCUT2D eigenvalue weighted by molar-refractivity contribution is 6.05. The maximum atomic E-state index is 12.8. The van der Waals surface area contributed by atoms with Crippen LogP contribution in [0.2, 0.25) is 0 Å². The van der Waals surface area contributed by atoms with Crippen molar-refractivity contribution in [3.05, 3.63) is 0 Å². The number of hydrogen-bond donors (Lipinski definition) is 1. The zero-order valence-electron chi connectivity index (χ0n) is 13.0. The molecule has 2 amide bonds. The number of piperidine rings is 1. The van der Waals surface area contributed by atoms with Gasteiger partial charge in [-0.15, -0.1) is 0 Å². The topological polar surface area (TPSA) is 49.4 Å². The fourth-order valence-corrected chi connectivity index (χ4v) is 4.34. The van der Waals surface area contributed by atoms with Crippen LogP contribution in [0, 0.1) is 5.41 Å². The minimum Gasteiger partial charge on any atom is -0.314 e. The van der Waals surface area contributed by atoms with E-state index < -0.39 is 0 Å². The number of hydrogen-bond acceptors (Lipinski definition) is 3. The summed E-state index contributed by atoms with van der Waals surface area (Å²) in [4.78, 5) is 26.7. The van der Waals surface area contributed by atoms with Crippen molar-refractivity contribution >= 4 is 11.8 Å². The van der Waals surface area contributed by atoms with Gasteiger partial charge < -0.3 is 5.32 Å². The second-order valence-electron chi connectivity index (χ2n) is 7.16. The van der Waals surface area contributed by atoms with Crippen LogP contribution in [0.1, 0.15) is 70.6 Å². The Morgan fingerprint density at radius 2 is 1.81 bits per heavy atom. The minimum absolute atomic E-state index is 0.0812. The Hall–Kier alpha value is -0.900. The second-order valence-corrected chi connectivity index (χ2v) is 7.16. The Morgan fingerprint density at radius 3 is 2.48 bits per heavy atom. The standard InChI is InChI=1S/C17H28N2O2/c20-15-13-17(9-4-1-2-5-10-17)16(21)19(15)12-8-14-7-3-6-11-18-14/h14,18H,1-13H2.